The number of aromatic hydroxyl groups is 1. The molecule has 0 radical (unpaired) electrons. The molecule has 6 nitrogen and oxygen atoms in total. The number of carbonyl (C=O) groups excluding carboxylic acids is 1. The van der Waals surface area contributed by atoms with Gasteiger partial charge in [-0.15, -0.1) is 11.3 Å². The lowest BCUT2D eigenvalue weighted by atomic mass is 10.1. The van der Waals surface area contributed by atoms with Crippen LogP contribution in [-0.2, 0) is 4.74 Å². The molecule has 24 heavy (non-hydrogen) atoms. The summed E-state index contributed by atoms with van der Waals surface area (Å²) in [4.78, 5) is 21.2. The summed E-state index contributed by atoms with van der Waals surface area (Å²) in [7, 11) is 0. The van der Waals surface area contributed by atoms with Gasteiger partial charge >= 0.3 is 5.97 Å². The van der Waals surface area contributed by atoms with E-state index < -0.39 is 5.97 Å². The quantitative estimate of drug-likeness (QED) is 0.659. The summed E-state index contributed by atoms with van der Waals surface area (Å²) in [6.07, 6.45) is 0. The van der Waals surface area contributed by atoms with Crippen LogP contribution in [0.5, 0.6) is 5.75 Å². The lowest BCUT2D eigenvalue weighted by Gasteiger charge is -2.08. The molecule has 0 amide bonds. The van der Waals surface area contributed by atoms with Crippen LogP contribution >= 0.6 is 34.5 Å². The van der Waals surface area contributed by atoms with Gasteiger partial charge in [0.15, 0.2) is 0 Å². The highest BCUT2D eigenvalue weighted by atomic mass is 35.5. The SMILES string of the molecule is CCOC(=O)c1cc2c(-c3cc(O)c(Cl)cc3Cl)nc(N)nc2s1. The molecule has 3 N–H and O–H groups in total. The first-order valence-electron chi connectivity index (χ1n) is 6.83. The molecule has 0 unspecified atom stereocenters. The Morgan fingerprint density at radius 3 is 2.75 bits per heavy atom. The molecular weight excluding hydrogens is 373 g/mol. The molecule has 2 heterocycles. The Bertz CT molecular complexity index is 959. The number of nitrogens with zero attached hydrogens (tertiary/aromatic N) is 2. The van der Waals surface area contributed by atoms with E-state index in [0.717, 1.165) is 11.3 Å². The lowest BCUT2D eigenvalue weighted by molar-refractivity contribution is 0.0532. The van der Waals surface area contributed by atoms with Crippen molar-refractivity contribution in [2.75, 3.05) is 12.3 Å². The normalized spacial score (nSPS) is 11.0. The van der Waals surface area contributed by atoms with E-state index in [-0.39, 0.29) is 23.3 Å². The fourth-order valence-electron chi connectivity index (χ4n) is 2.17. The van der Waals surface area contributed by atoms with Crippen LogP contribution in [0.2, 0.25) is 10.0 Å². The second kappa shape index (κ2) is 6.43. The molecular formula is C15H11Cl2N3O3S. The zero-order valence-electron chi connectivity index (χ0n) is 12.3. The van der Waals surface area contributed by atoms with E-state index in [0.29, 0.717) is 31.4 Å². The van der Waals surface area contributed by atoms with Gasteiger partial charge in [0.05, 0.1) is 22.3 Å². The van der Waals surface area contributed by atoms with Gasteiger partial charge in [0.2, 0.25) is 5.95 Å². The van der Waals surface area contributed by atoms with Crippen LogP contribution in [-0.4, -0.2) is 27.7 Å². The molecule has 2 aromatic heterocycles. The van der Waals surface area contributed by atoms with Crippen molar-refractivity contribution in [2.45, 2.75) is 6.92 Å². The number of phenols is 1. The van der Waals surface area contributed by atoms with Crippen LogP contribution in [0.25, 0.3) is 21.5 Å². The predicted molar refractivity (Wildman–Crippen MR) is 94.9 cm³/mol. The third-order valence-electron chi connectivity index (χ3n) is 3.18. The number of thiophene rings is 1. The number of ether oxygens (including phenoxy) is 1. The second-order valence-corrected chi connectivity index (χ2v) is 6.61. The van der Waals surface area contributed by atoms with Crippen molar-refractivity contribution in [1.82, 2.24) is 9.97 Å². The molecule has 1 aromatic carbocycles. The van der Waals surface area contributed by atoms with E-state index in [2.05, 4.69) is 9.97 Å². The van der Waals surface area contributed by atoms with Gasteiger partial charge in [0.1, 0.15) is 15.5 Å². The van der Waals surface area contributed by atoms with Crippen molar-refractivity contribution in [3.8, 4) is 17.0 Å². The third kappa shape index (κ3) is 2.98. The number of anilines is 1. The summed E-state index contributed by atoms with van der Waals surface area (Å²) in [5.74, 6) is -0.558. The van der Waals surface area contributed by atoms with Gasteiger partial charge in [0.25, 0.3) is 0 Å². The summed E-state index contributed by atoms with van der Waals surface area (Å²) in [6.45, 7) is 2.00. The van der Waals surface area contributed by atoms with E-state index in [1.807, 2.05) is 0 Å². The Labute approximate surface area is 150 Å². The average molecular weight is 384 g/mol. The molecule has 0 aliphatic carbocycles. The first-order chi connectivity index (χ1) is 11.4. The van der Waals surface area contributed by atoms with Gasteiger partial charge in [-0.1, -0.05) is 23.2 Å². The summed E-state index contributed by atoms with van der Waals surface area (Å²) in [5, 5.41) is 10.9. The zero-order valence-corrected chi connectivity index (χ0v) is 14.7. The molecule has 0 fully saturated rings. The molecule has 0 saturated carbocycles. The van der Waals surface area contributed by atoms with E-state index in [1.54, 1.807) is 13.0 Å². The number of carbonyl (C=O) groups is 1. The monoisotopic (exact) mass is 383 g/mol. The minimum absolute atomic E-state index is 0.0280. The fraction of sp³-hybridized carbons (Fsp3) is 0.133. The number of aromatic nitrogens is 2. The Balaban J connectivity index is 2.24. The Kier molecular flexibility index (Phi) is 4.49. The number of benzene rings is 1. The molecule has 0 aliphatic heterocycles. The van der Waals surface area contributed by atoms with E-state index >= 15 is 0 Å². The number of esters is 1. The maximum absolute atomic E-state index is 11.9. The number of rotatable bonds is 3. The van der Waals surface area contributed by atoms with Crippen LogP contribution in [0.1, 0.15) is 16.6 Å². The van der Waals surface area contributed by atoms with Gasteiger partial charge in [-0.2, -0.15) is 0 Å². The molecule has 3 aromatic rings. The maximum Gasteiger partial charge on any atom is 0.348 e. The number of nitrogen functional groups attached to an aromatic ring is 1. The van der Waals surface area contributed by atoms with Crippen molar-refractivity contribution in [2.24, 2.45) is 0 Å². The smallest absolute Gasteiger partial charge is 0.348 e. The van der Waals surface area contributed by atoms with Crippen LogP contribution < -0.4 is 5.73 Å². The van der Waals surface area contributed by atoms with Crippen LogP contribution in [0.3, 0.4) is 0 Å². The number of nitrogens with two attached hydrogens (primary N) is 1. The van der Waals surface area contributed by atoms with Crippen molar-refractivity contribution < 1.29 is 14.6 Å². The first kappa shape index (κ1) is 16.8. The highest BCUT2D eigenvalue weighted by Crippen LogP contribution is 2.39. The number of hydrogen-bond donors (Lipinski definition) is 2. The average Bonchev–Trinajstić information content (AvgIpc) is 2.94. The van der Waals surface area contributed by atoms with Gasteiger partial charge < -0.3 is 15.6 Å². The maximum atomic E-state index is 11.9. The van der Waals surface area contributed by atoms with Crippen LogP contribution in [0.15, 0.2) is 18.2 Å². The summed E-state index contributed by atoms with van der Waals surface area (Å²) < 4.78 is 5.00. The topological polar surface area (TPSA) is 98.3 Å². The lowest BCUT2D eigenvalue weighted by Crippen LogP contribution is -2.01. The zero-order chi connectivity index (χ0) is 17.4. The molecule has 3 rings (SSSR count). The number of phenolic OH excluding ortho intramolecular Hbond substituents is 1. The van der Waals surface area contributed by atoms with Crippen molar-refractivity contribution in [3.63, 3.8) is 0 Å². The first-order valence-corrected chi connectivity index (χ1v) is 8.40. The number of halogens is 2. The van der Waals surface area contributed by atoms with Gasteiger partial charge in [-0.3, -0.25) is 0 Å². The summed E-state index contributed by atoms with van der Waals surface area (Å²) in [5.41, 5.74) is 6.60. The minimum atomic E-state index is -0.449. The molecule has 0 saturated heterocycles. The highest BCUT2D eigenvalue weighted by molar-refractivity contribution is 7.20. The van der Waals surface area contributed by atoms with E-state index in [1.165, 1.54) is 12.1 Å². The highest BCUT2D eigenvalue weighted by Gasteiger charge is 2.19. The van der Waals surface area contributed by atoms with Crippen LogP contribution in [0, 0.1) is 0 Å². The molecule has 124 valence electrons. The standard InChI is InChI=1S/C15H11Cl2N3O3S/c1-2-23-14(22)11-4-7-12(19-15(18)20-13(7)24-11)6-3-10(21)9(17)5-8(6)16/h3-5,21H,2H2,1H3,(H2,18,19,20). The third-order valence-corrected chi connectivity index (χ3v) is 4.80. The molecule has 0 aliphatic rings. The molecule has 0 atom stereocenters. The Morgan fingerprint density at radius 1 is 1.29 bits per heavy atom. The largest absolute Gasteiger partial charge is 0.506 e. The Morgan fingerprint density at radius 2 is 2.04 bits per heavy atom. The number of fused-ring (bicyclic) bond motifs is 1. The van der Waals surface area contributed by atoms with Gasteiger partial charge in [-0.05, 0) is 25.1 Å². The summed E-state index contributed by atoms with van der Waals surface area (Å²) >= 11 is 13.2. The molecule has 0 spiro atoms. The fourth-order valence-corrected chi connectivity index (χ4v) is 3.57. The Hall–Kier alpha value is -2.09. The second-order valence-electron chi connectivity index (χ2n) is 4.76. The number of hydrogen-bond acceptors (Lipinski definition) is 7. The van der Waals surface area contributed by atoms with E-state index in [9.17, 15) is 9.90 Å². The van der Waals surface area contributed by atoms with E-state index in [4.69, 9.17) is 33.7 Å². The van der Waals surface area contributed by atoms with Gasteiger partial charge in [-0.25, -0.2) is 14.8 Å². The molecule has 9 heteroatoms. The predicted octanol–water partition coefficient (Wildman–Crippen LogP) is 4.13. The van der Waals surface area contributed by atoms with Crippen molar-refractivity contribution in [1.29, 1.82) is 0 Å². The van der Waals surface area contributed by atoms with Crippen LogP contribution in [0.4, 0.5) is 5.95 Å². The van der Waals surface area contributed by atoms with Gasteiger partial charge in [0, 0.05) is 10.9 Å². The van der Waals surface area contributed by atoms with Crippen molar-refractivity contribution in [3.05, 3.63) is 33.1 Å². The van der Waals surface area contributed by atoms with Crippen molar-refractivity contribution >= 4 is 56.7 Å². The minimum Gasteiger partial charge on any atom is -0.506 e. The molecule has 0 bridgehead atoms. The summed E-state index contributed by atoms with van der Waals surface area (Å²) in [6, 6.07) is 4.43.